The van der Waals surface area contributed by atoms with E-state index >= 15 is 0 Å². The van der Waals surface area contributed by atoms with E-state index in [-0.39, 0.29) is 0 Å². The molecule has 3 rings (SSSR count). The maximum absolute atomic E-state index is 4.29. The van der Waals surface area contributed by atoms with Crippen LogP contribution >= 0.6 is 11.3 Å². The van der Waals surface area contributed by atoms with Crippen molar-refractivity contribution in [3.63, 3.8) is 0 Å². The lowest BCUT2D eigenvalue weighted by Crippen LogP contribution is -2.03. The fourth-order valence-corrected chi connectivity index (χ4v) is 2.59. The molecule has 0 saturated carbocycles. The maximum atomic E-state index is 4.29. The Kier molecular flexibility index (Phi) is 2.90. The summed E-state index contributed by atoms with van der Waals surface area (Å²) in [7, 11) is 0. The molecule has 18 heavy (non-hydrogen) atoms. The van der Waals surface area contributed by atoms with Gasteiger partial charge in [0.2, 0.25) is 0 Å². The zero-order valence-electron chi connectivity index (χ0n) is 9.92. The van der Waals surface area contributed by atoms with Crippen molar-refractivity contribution in [2.75, 3.05) is 5.32 Å². The van der Waals surface area contributed by atoms with Gasteiger partial charge in [0.25, 0.3) is 0 Å². The second kappa shape index (κ2) is 4.70. The van der Waals surface area contributed by atoms with Crippen molar-refractivity contribution < 1.29 is 0 Å². The molecular weight excluding hydrogens is 244 g/mol. The van der Waals surface area contributed by atoms with Crippen molar-refractivity contribution in [3.8, 4) is 0 Å². The van der Waals surface area contributed by atoms with Gasteiger partial charge >= 0.3 is 0 Å². The van der Waals surface area contributed by atoms with Crippen LogP contribution in [0.15, 0.2) is 36.2 Å². The lowest BCUT2D eigenvalue weighted by atomic mass is 10.1. The molecule has 4 nitrogen and oxygen atoms in total. The highest BCUT2D eigenvalue weighted by Crippen LogP contribution is 2.25. The van der Waals surface area contributed by atoms with Crippen LogP contribution in [0.25, 0.3) is 10.2 Å². The predicted octanol–water partition coefficient (Wildman–Crippen LogP) is 3.01. The third-order valence-electron chi connectivity index (χ3n) is 2.84. The largest absolute Gasteiger partial charge is 0.365 e. The minimum absolute atomic E-state index is 0.726. The molecule has 1 N–H and O–H groups in total. The highest BCUT2D eigenvalue weighted by Gasteiger charge is 2.05. The molecule has 0 saturated heterocycles. The normalized spacial score (nSPS) is 10.7. The number of nitrogens with one attached hydrogen (secondary N) is 1. The van der Waals surface area contributed by atoms with Gasteiger partial charge in [0.05, 0.1) is 10.2 Å². The summed E-state index contributed by atoms with van der Waals surface area (Å²) in [6, 6.07) is 4.01. The summed E-state index contributed by atoms with van der Waals surface area (Å²) in [5, 5.41) is 5.38. The number of aromatic nitrogens is 3. The Morgan fingerprint density at radius 2 is 2.22 bits per heavy atom. The topological polar surface area (TPSA) is 50.7 Å². The van der Waals surface area contributed by atoms with Crippen molar-refractivity contribution in [2.45, 2.75) is 13.5 Å². The number of hydrogen-bond donors (Lipinski definition) is 1. The first-order valence-electron chi connectivity index (χ1n) is 5.66. The van der Waals surface area contributed by atoms with Crippen LogP contribution in [0.2, 0.25) is 0 Å². The lowest BCUT2D eigenvalue weighted by Gasteiger charge is -2.08. The van der Waals surface area contributed by atoms with Crippen LogP contribution in [-0.2, 0) is 6.54 Å². The minimum atomic E-state index is 0.726. The average Bonchev–Trinajstić information content (AvgIpc) is 2.86. The number of pyridine rings is 1. The highest BCUT2D eigenvalue weighted by molar-refractivity contribution is 7.17. The van der Waals surface area contributed by atoms with Gasteiger partial charge in [0.1, 0.15) is 12.1 Å². The van der Waals surface area contributed by atoms with Crippen LogP contribution < -0.4 is 5.32 Å². The van der Waals surface area contributed by atoms with Crippen molar-refractivity contribution in [1.29, 1.82) is 0 Å². The van der Waals surface area contributed by atoms with Gasteiger partial charge in [0, 0.05) is 18.9 Å². The zero-order valence-corrected chi connectivity index (χ0v) is 10.7. The average molecular weight is 256 g/mol. The Hall–Kier alpha value is -2.01. The molecule has 0 radical (unpaired) electrons. The van der Waals surface area contributed by atoms with Gasteiger partial charge in [0.15, 0.2) is 0 Å². The monoisotopic (exact) mass is 256 g/mol. The van der Waals surface area contributed by atoms with E-state index in [1.54, 1.807) is 23.9 Å². The summed E-state index contributed by atoms with van der Waals surface area (Å²) in [5.74, 6) is 0.887. The van der Waals surface area contributed by atoms with Gasteiger partial charge in [-0.3, -0.25) is 4.98 Å². The first-order valence-corrected chi connectivity index (χ1v) is 6.54. The second-order valence-corrected chi connectivity index (χ2v) is 4.93. The van der Waals surface area contributed by atoms with Gasteiger partial charge in [-0.1, -0.05) is 0 Å². The van der Waals surface area contributed by atoms with E-state index in [2.05, 4.69) is 27.2 Å². The molecule has 0 aliphatic carbocycles. The fraction of sp³-hybridized carbons (Fsp3) is 0.154. The number of nitrogens with zero attached hydrogens (tertiary/aromatic N) is 3. The molecule has 0 atom stereocenters. The van der Waals surface area contributed by atoms with E-state index in [4.69, 9.17) is 0 Å². The molecule has 0 fully saturated rings. The second-order valence-electron chi connectivity index (χ2n) is 4.01. The fourth-order valence-electron chi connectivity index (χ4n) is 1.78. The van der Waals surface area contributed by atoms with Gasteiger partial charge < -0.3 is 5.32 Å². The number of rotatable bonds is 3. The molecule has 0 bridgehead atoms. The van der Waals surface area contributed by atoms with Crippen LogP contribution in [0.4, 0.5) is 5.82 Å². The van der Waals surface area contributed by atoms with Crippen molar-refractivity contribution in [1.82, 2.24) is 15.0 Å². The zero-order chi connectivity index (χ0) is 12.4. The van der Waals surface area contributed by atoms with E-state index in [0.29, 0.717) is 0 Å². The molecule has 3 heterocycles. The number of aryl methyl sites for hydroxylation is 1. The van der Waals surface area contributed by atoms with Gasteiger partial charge in [-0.2, -0.15) is 0 Å². The van der Waals surface area contributed by atoms with Gasteiger partial charge in [-0.25, -0.2) is 9.97 Å². The number of hydrogen-bond acceptors (Lipinski definition) is 5. The van der Waals surface area contributed by atoms with Crippen molar-refractivity contribution in [3.05, 3.63) is 47.4 Å². The molecule has 90 valence electrons. The number of thiophene rings is 1. The molecule has 0 aliphatic heterocycles. The molecule has 3 aromatic heterocycles. The van der Waals surface area contributed by atoms with E-state index < -0.39 is 0 Å². The van der Waals surface area contributed by atoms with Gasteiger partial charge in [-0.15, -0.1) is 11.3 Å². The summed E-state index contributed by atoms with van der Waals surface area (Å²) in [4.78, 5) is 12.7. The molecular formula is C13H12N4S. The van der Waals surface area contributed by atoms with E-state index in [1.165, 1.54) is 11.1 Å². The smallest absolute Gasteiger partial charge is 0.147 e. The molecule has 0 aromatic carbocycles. The molecule has 0 unspecified atom stereocenters. The van der Waals surface area contributed by atoms with E-state index in [9.17, 15) is 0 Å². The number of anilines is 1. The SMILES string of the molecule is Cc1ccncc1CNc1ncnc2ccsc12. The van der Waals surface area contributed by atoms with Crippen LogP contribution in [0.3, 0.4) is 0 Å². The Morgan fingerprint density at radius 3 is 3.11 bits per heavy atom. The van der Waals surface area contributed by atoms with Crippen molar-refractivity contribution in [2.24, 2.45) is 0 Å². The summed E-state index contributed by atoms with van der Waals surface area (Å²) in [6.45, 7) is 2.81. The minimum Gasteiger partial charge on any atom is -0.365 e. The van der Waals surface area contributed by atoms with Crippen LogP contribution in [0, 0.1) is 6.92 Å². The quantitative estimate of drug-likeness (QED) is 0.782. The first-order chi connectivity index (χ1) is 8.84. The maximum Gasteiger partial charge on any atom is 0.147 e. The summed E-state index contributed by atoms with van der Waals surface area (Å²) in [5.41, 5.74) is 3.40. The molecule has 0 spiro atoms. The third-order valence-corrected chi connectivity index (χ3v) is 3.75. The molecule has 0 amide bonds. The molecule has 5 heteroatoms. The summed E-state index contributed by atoms with van der Waals surface area (Å²) in [6.07, 6.45) is 5.28. The molecule has 3 aromatic rings. The summed E-state index contributed by atoms with van der Waals surface area (Å²) >= 11 is 1.65. The Bertz CT molecular complexity index is 677. The Morgan fingerprint density at radius 1 is 1.28 bits per heavy atom. The van der Waals surface area contributed by atoms with E-state index in [0.717, 1.165) is 22.6 Å². The standard InChI is InChI=1S/C13H12N4S/c1-9-2-4-14-6-10(9)7-15-13-12-11(3-5-18-12)16-8-17-13/h2-6,8H,7H2,1H3,(H,15,16,17). The molecule has 0 aliphatic rings. The predicted molar refractivity (Wildman–Crippen MR) is 73.7 cm³/mol. The Labute approximate surface area is 109 Å². The third kappa shape index (κ3) is 2.04. The lowest BCUT2D eigenvalue weighted by molar-refractivity contribution is 1.06. The first kappa shape index (κ1) is 11.1. The van der Waals surface area contributed by atoms with Crippen molar-refractivity contribution >= 4 is 27.4 Å². The Balaban J connectivity index is 1.85. The van der Waals surface area contributed by atoms with Crippen LogP contribution in [-0.4, -0.2) is 15.0 Å². The van der Waals surface area contributed by atoms with E-state index in [1.807, 2.05) is 23.7 Å². The highest BCUT2D eigenvalue weighted by atomic mass is 32.1. The number of fused-ring (bicyclic) bond motifs is 1. The van der Waals surface area contributed by atoms with Crippen LogP contribution in [0.1, 0.15) is 11.1 Å². The van der Waals surface area contributed by atoms with Gasteiger partial charge in [-0.05, 0) is 35.6 Å². The van der Waals surface area contributed by atoms with Crippen LogP contribution in [0.5, 0.6) is 0 Å². The summed E-state index contributed by atoms with van der Waals surface area (Å²) < 4.78 is 1.10.